The van der Waals surface area contributed by atoms with Crippen molar-refractivity contribution in [3.05, 3.63) is 29.6 Å². The SMILES string of the molecule is CCC(N)Cc1cc(F)ccc1SC1CCCC1. The molecule has 2 N–H and O–H groups in total. The van der Waals surface area contributed by atoms with Gasteiger partial charge in [-0.05, 0) is 49.4 Å². The fourth-order valence-corrected chi connectivity index (χ4v) is 3.80. The largest absolute Gasteiger partial charge is 0.327 e. The zero-order valence-electron chi connectivity index (χ0n) is 11.0. The van der Waals surface area contributed by atoms with Crippen LogP contribution in [-0.4, -0.2) is 11.3 Å². The molecule has 1 nitrogen and oxygen atoms in total. The normalized spacial score (nSPS) is 18.2. The third-order valence-electron chi connectivity index (χ3n) is 3.62. The molecule has 3 heteroatoms. The summed E-state index contributed by atoms with van der Waals surface area (Å²) in [6.45, 7) is 2.08. The van der Waals surface area contributed by atoms with Crippen LogP contribution in [0.25, 0.3) is 0 Å². The van der Waals surface area contributed by atoms with E-state index >= 15 is 0 Å². The smallest absolute Gasteiger partial charge is 0.123 e. The van der Waals surface area contributed by atoms with E-state index in [1.165, 1.54) is 30.6 Å². The van der Waals surface area contributed by atoms with Crippen molar-refractivity contribution in [1.82, 2.24) is 0 Å². The maximum Gasteiger partial charge on any atom is 0.123 e. The van der Waals surface area contributed by atoms with E-state index in [-0.39, 0.29) is 11.9 Å². The molecule has 18 heavy (non-hydrogen) atoms. The van der Waals surface area contributed by atoms with Crippen molar-refractivity contribution >= 4 is 11.8 Å². The van der Waals surface area contributed by atoms with Gasteiger partial charge in [0.2, 0.25) is 0 Å². The number of hydrogen-bond donors (Lipinski definition) is 1. The fourth-order valence-electron chi connectivity index (χ4n) is 2.44. The summed E-state index contributed by atoms with van der Waals surface area (Å²) in [7, 11) is 0. The molecule has 0 saturated heterocycles. The number of hydrogen-bond acceptors (Lipinski definition) is 2. The van der Waals surface area contributed by atoms with Crippen LogP contribution in [0.5, 0.6) is 0 Å². The van der Waals surface area contributed by atoms with E-state index in [0.717, 1.165) is 18.4 Å². The molecule has 1 unspecified atom stereocenters. The summed E-state index contributed by atoms with van der Waals surface area (Å²) in [5.41, 5.74) is 7.08. The highest BCUT2D eigenvalue weighted by Crippen LogP contribution is 2.36. The maximum absolute atomic E-state index is 13.4. The van der Waals surface area contributed by atoms with Crippen molar-refractivity contribution in [3.8, 4) is 0 Å². The summed E-state index contributed by atoms with van der Waals surface area (Å²) in [5.74, 6) is -0.149. The van der Waals surface area contributed by atoms with Crippen LogP contribution in [0.4, 0.5) is 4.39 Å². The average Bonchev–Trinajstić information content (AvgIpc) is 2.85. The molecular weight excluding hydrogens is 245 g/mol. The van der Waals surface area contributed by atoms with E-state index in [1.54, 1.807) is 12.1 Å². The minimum absolute atomic E-state index is 0.134. The van der Waals surface area contributed by atoms with Gasteiger partial charge >= 0.3 is 0 Å². The van der Waals surface area contributed by atoms with E-state index in [1.807, 2.05) is 17.8 Å². The van der Waals surface area contributed by atoms with Crippen LogP contribution in [0.1, 0.15) is 44.6 Å². The van der Waals surface area contributed by atoms with Crippen LogP contribution in [-0.2, 0) is 6.42 Å². The Bertz CT molecular complexity index is 388. The molecule has 1 aromatic rings. The number of nitrogens with two attached hydrogens (primary N) is 1. The predicted octanol–water partition coefficient (Wildman–Crippen LogP) is 4.14. The van der Waals surface area contributed by atoms with Crippen LogP contribution < -0.4 is 5.73 Å². The van der Waals surface area contributed by atoms with Gasteiger partial charge in [-0.15, -0.1) is 11.8 Å². The molecule has 0 amide bonds. The molecule has 1 fully saturated rings. The van der Waals surface area contributed by atoms with E-state index in [0.29, 0.717) is 5.25 Å². The molecule has 0 heterocycles. The monoisotopic (exact) mass is 267 g/mol. The molecule has 0 aromatic heterocycles. The molecular formula is C15H22FNS. The van der Waals surface area contributed by atoms with Gasteiger partial charge in [0.25, 0.3) is 0 Å². The molecule has 1 aliphatic carbocycles. The van der Waals surface area contributed by atoms with Crippen LogP contribution in [0, 0.1) is 5.82 Å². The minimum atomic E-state index is -0.149. The van der Waals surface area contributed by atoms with Crippen LogP contribution >= 0.6 is 11.8 Å². The van der Waals surface area contributed by atoms with Gasteiger partial charge in [-0.3, -0.25) is 0 Å². The van der Waals surface area contributed by atoms with Crippen molar-refractivity contribution in [2.45, 2.75) is 61.6 Å². The third-order valence-corrected chi connectivity index (χ3v) is 5.08. The predicted molar refractivity (Wildman–Crippen MR) is 76.5 cm³/mol. The lowest BCUT2D eigenvalue weighted by Crippen LogP contribution is -2.21. The summed E-state index contributed by atoms with van der Waals surface area (Å²) in [6, 6.07) is 5.29. The highest BCUT2D eigenvalue weighted by atomic mass is 32.2. The summed E-state index contributed by atoms with van der Waals surface area (Å²) in [5, 5.41) is 0.715. The molecule has 1 aromatic carbocycles. The van der Waals surface area contributed by atoms with Gasteiger partial charge < -0.3 is 5.73 Å². The van der Waals surface area contributed by atoms with Gasteiger partial charge in [-0.2, -0.15) is 0 Å². The van der Waals surface area contributed by atoms with Crippen molar-refractivity contribution in [1.29, 1.82) is 0 Å². The van der Waals surface area contributed by atoms with E-state index in [9.17, 15) is 4.39 Å². The molecule has 0 radical (unpaired) electrons. The number of benzene rings is 1. The number of rotatable bonds is 5. The number of halogens is 1. The van der Waals surface area contributed by atoms with E-state index in [4.69, 9.17) is 5.73 Å². The maximum atomic E-state index is 13.4. The second kappa shape index (κ2) is 6.58. The second-order valence-electron chi connectivity index (χ2n) is 5.15. The zero-order chi connectivity index (χ0) is 13.0. The van der Waals surface area contributed by atoms with Crippen molar-refractivity contribution in [2.24, 2.45) is 5.73 Å². The Morgan fingerprint density at radius 3 is 2.78 bits per heavy atom. The molecule has 0 bridgehead atoms. The van der Waals surface area contributed by atoms with E-state index < -0.39 is 0 Å². The first kappa shape index (κ1) is 13.9. The van der Waals surface area contributed by atoms with Gasteiger partial charge in [0.1, 0.15) is 5.82 Å². The van der Waals surface area contributed by atoms with Crippen molar-refractivity contribution < 1.29 is 4.39 Å². The fraction of sp³-hybridized carbons (Fsp3) is 0.600. The Hall–Kier alpha value is -0.540. The van der Waals surface area contributed by atoms with Gasteiger partial charge in [-0.25, -0.2) is 4.39 Å². The van der Waals surface area contributed by atoms with E-state index in [2.05, 4.69) is 6.92 Å². The van der Waals surface area contributed by atoms with Gasteiger partial charge in [0.15, 0.2) is 0 Å². The summed E-state index contributed by atoms with van der Waals surface area (Å²) >= 11 is 1.92. The second-order valence-corrected chi connectivity index (χ2v) is 6.49. The Labute approximate surface area is 113 Å². The first-order chi connectivity index (χ1) is 8.69. The van der Waals surface area contributed by atoms with Crippen molar-refractivity contribution in [2.75, 3.05) is 0 Å². The highest BCUT2D eigenvalue weighted by molar-refractivity contribution is 8.00. The summed E-state index contributed by atoms with van der Waals surface area (Å²) in [6.07, 6.45) is 6.97. The molecule has 1 atom stereocenters. The quantitative estimate of drug-likeness (QED) is 0.867. The first-order valence-corrected chi connectivity index (χ1v) is 7.77. The Morgan fingerprint density at radius 2 is 2.11 bits per heavy atom. The van der Waals surface area contributed by atoms with Crippen LogP contribution in [0.15, 0.2) is 23.1 Å². The molecule has 2 rings (SSSR count). The molecule has 1 saturated carbocycles. The lowest BCUT2D eigenvalue weighted by atomic mass is 10.0. The van der Waals surface area contributed by atoms with Gasteiger partial charge in [-0.1, -0.05) is 19.8 Å². The lowest BCUT2D eigenvalue weighted by molar-refractivity contribution is 0.609. The molecule has 0 aliphatic heterocycles. The van der Waals surface area contributed by atoms with Gasteiger partial charge in [0, 0.05) is 16.2 Å². The van der Waals surface area contributed by atoms with Gasteiger partial charge in [0.05, 0.1) is 0 Å². The number of thioether (sulfide) groups is 1. The molecule has 0 spiro atoms. The highest BCUT2D eigenvalue weighted by Gasteiger charge is 2.18. The summed E-state index contributed by atoms with van der Waals surface area (Å²) < 4.78 is 13.4. The third kappa shape index (κ3) is 3.72. The molecule has 1 aliphatic rings. The molecule has 100 valence electrons. The minimum Gasteiger partial charge on any atom is -0.327 e. The van der Waals surface area contributed by atoms with Crippen molar-refractivity contribution in [3.63, 3.8) is 0 Å². The standard InChI is InChI=1S/C15H22FNS/c1-2-13(17)10-11-9-12(16)7-8-15(11)18-14-5-3-4-6-14/h7-9,13-14H,2-6,10,17H2,1H3. The first-order valence-electron chi connectivity index (χ1n) is 6.89. The van der Waals surface area contributed by atoms with Crippen LogP contribution in [0.2, 0.25) is 0 Å². The Morgan fingerprint density at radius 1 is 1.39 bits per heavy atom. The Balaban J connectivity index is 2.11. The lowest BCUT2D eigenvalue weighted by Gasteiger charge is -2.16. The van der Waals surface area contributed by atoms with Crippen LogP contribution in [0.3, 0.4) is 0 Å². The zero-order valence-corrected chi connectivity index (χ0v) is 11.8. The Kier molecular flexibility index (Phi) is 5.07. The topological polar surface area (TPSA) is 26.0 Å². The average molecular weight is 267 g/mol. The summed E-state index contributed by atoms with van der Waals surface area (Å²) in [4.78, 5) is 1.23.